The number of hydrogen-bond acceptors (Lipinski definition) is 4. The Hall–Kier alpha value is -2.12. The van der Waals surface area contributed by atoms with Crippen molar-refractivity contribution in [3.63, 3.8) is 0 Å². The summed E-state index contributed by atoms with van der Waals surface area (Å²) in [5.74, 6) is 0.599. The summed E-state index contributed by atoms with van der Waals surface area (Å²) in [5.41, 5.74) is 0.847. The number of imidazole rings is 1. The number of amides is 1. The first-order valence-corrected chi connectivity index (χ1v) is 7.62. The second-order valence-corrected chi connectivity index (χ2v) is 5.93. The zero-order valence-corrected chi connectivity index (χ0v) is 13.6. The summed E-state index contributed by atoms with van der Waals surface area (Å²) in [5, 5.41) is 0.000357. The fourth-order valence-corrected chi connectivity index (χ4v) is 2.86. The summed E-state index contributed by atoms with van der Waals surface area (Å²) < 4.78 is 7.66. The van der Waals surface area contributed by atoms with Crippen molar-refractivity contribution in [1.29, 1.82) is 0 Å². The number of nitrogens with one attached hydrogen (secondary N) is 1. The van der Waals surface area contributed by atoms with Crippen molar-refractivity contribution in [3.8, 4) is 0 Å². The van der Waals surface area contributed by atoms with Crippen LogP contribution in [0.4, 0.5) is 0 Å². The van der Waals surface area contributed by atoms with Crippen LogP contribution in [0.25, 0.3) is 0 Å². The molecule has 23 heavy (non-hydrogen) atoms. The summed E-state index contributed by atoms with van der Waals surface area (Å²) in [4.78, 5) is 32.5. The number of carbonyl (C=O) groups is 1. The largest absolute Gasteiger partial charge is 0.367 e. The van der Waals surface area contributed by atoms with Gasteiger partial charge in [-0.1, -0.05) is 11.6 Å². The summed E-state index contributed by atoms with van der Waals surface area (Å²) in [6.45, 7) is 3.23. The number of pyridine rings is 1. The molecule has 1 atom stereocenters. The lowest BCUT2D eigenvalue weighted by Crippen LogP contribution is -2.43. The molecule has 0 unspecified atom stereocenters. The molecule has 0 aliphatic carbocycles. The van der Waals surface area contributed by atoms with E-state index in [0.29, 0.717) is 25.3 Å². The Morgan fingerprint density at radius 3 is 2.96 bits per heavy atom. The lowest BCUT2D eigenvalue weighted by atomic mass is 10.2. The molecule has 1 aliphatic heterocycles. The van der Waals surface area contributed by atoms with E-state index < -0.39 is 5.56 Å². The van der Waals surface area contributed by atoms with E-state index in [2.05, 4.69) is 9.97 Å². The molecule has 1 N–H and O–H groups in total. The molecule has 2 aromatic heterocycles. The Balaban J connectivity index is 1.80. The molecule has 0 saturated carbocycles. The van der Waals surface area contributed by atoms with Crippen molar-refractivity contribution in [1.82, 2.24) is 19.4 Å². The highest BCUT2D eigenvalue weighted by atomic mass is 35.5. The third-order valence-electron chi connectivity index (χ3n) is 3.78. The monoisotopic (exact) mass is 336 g/mol. The van der Waals surface area contributed by atoms with Crippen LogP contribution in [0.1, 0.15) is 28.0 Å². The number of H-pyrrole nitrogens is 1. The molecule has 1 amide bonds. The standard InChI is InChI=1S/C15H17ClN4O3/c1-9-7-19(2)13(18-9)12-8-20(3-4-23-12)15(22)10-5-11(16)14(21)17-6-10/h5-7,12H,3-4,8H2,1-2H3,(H,17,21)/t12-/m0/s1. The highest BCUT2D eigenvalue weighted by molar-refractivity contribution is 6.30. The maximum atomic E-state index is 12.6. The summed E-state index contributed by atoms with van der Waals surface area (Å²) in [6.07, 6.45) is 3.03. The Kier molecular flexibility index (Phi) is 4.23. The molecule has 0 radical (unpaired) electrons. The minimum absolute atomic E-state index is 0.000357. The predicted octanol–water partition coefficient (Wildman–Crippen LogP) is 1.28. The van der Waals surface area contributed by atoms with E-state index in [-0.39, 0.29) is 17.0 Å². The molecule has 2 aromatic rings. The van der Waals surface area contributed by atoms with Gasteiger partial charge in [-0.3, -0.25) is 9.59 Å². The molecule has 8 heteroatoms. The second-order valence-electron chi connectivity index (χ2n) is 5.53. The highest BCUT2D eigenvalue weighted by Crippen LogP contribution is 2.22. The maximum absolute atomic E-state index is 12.6. The fourth-order valence-electron chi connectivity index (χ4n) is 2.69. The van der Waals surface area contributed by atoms with Crippen LogP contribution in [0.2, 0.25) is 5.02 Å². The molecule has 0 bridgehead atoms. The number of aryl methyl sites for hydroxylation is 2. The first-order chi connectivity index (χ1) is 11.0. The lowest BCUT2D eigenvalue weighted by molar-refractivity contribution is -0.0279. The molecule has 122 valence electrons. The smallest absolute Gasteiger partial charge is 0.266 e. The van der Waals surface area contributed by atoms with Gasteiger partial charge < -0.3 is 19.2 Å². The number of aromatic nitrogens is 3. The predicted molar refractivity (Wildman–Crippen MR) is 84.6 cm³/mol. The van der Waals surface area contributed by atoms with Crippen molar-refractivity contribution in [2.45, 2.75) is 13.0 Å². The molecule has 3 heterocycles. The summed E-state index contributed by atoms with van der Waals surface area (Å²) in [7, 11) is 1.90. The van der Waals surface area contributed by atoms with Gasteiger partial charge >= 0.3 is 0 Å². The van der Waals surface area contributed by atoms with Gasteiger partial charge in [0.05, 0.1) is 24.4 Å². The molecular formula is C15H17ClN4O3. The molecule has 1 saturated heterocycles. The molecular weight excluding hydrogens is 320 g/mol. The van der Waals surface area contributed by atoms with Gasteiger partial charge in [0.25, 0.3) is 11.5 Å². The van der Waals surface area contributed by atoms with Gasteiger partial charge in [0, 0.05) is 26.0 Å². The average molecular weight is 337 g/mol. The molecule has 0 spiro atoms. The van der Waals surface area contributed by atoms with Crippen LogP contribution < -0.4 is 5.56 Å². The highest BCUT2D eigenvalue weighted by Gasteiger charge is 2.29. The van der Waals surface area contributed by atoms with Gasteiger partial charge in [0.15, 0.2) is 0 Å². The zero-order valence-electron chi connectivity index (χ0n) is 12.9. The number of ether oxygens (including phenoxy) is 1. The van der Waals surface area contributed by atoms with E-state index in [1.165, 1.54) is 12.3 Å². The quantitative estimate of drug-likeness (QED) is 0.896. The van der Waals surface area contributed by atoms with E-state index in [1.807, 2.05) is 24.7 Å². The summed E-state index contributed by atoms with van der Waals surface area (Å²) >= 11 is 5.79. The van der Waals surface area contributed by atoms with E-state index in [9.17, 15) is 9.59 Å². The van der Waals surface area contributed by atoms with Crippen LogP contribution in [-0.2, 0) is 11.8 Å². The topological polar surface area (TPSA) is 80.2 Å². The van der Waals surface area contributed by atoms with Crippen molar-refractivity contribution in [2.24, 2.45) is 7.05 Å². The van der Waals surface area contributed by atoms with Gasteiger partial charge in [-0.15, -0.1) is 0 Å². The molecule has 3 rings (SSSR count). The van der Waals surface area contributed by atoms with E-state index in [0.717, 1.165) is 11.5 Å². The third-order valence-corrected chi connectivity index (χ3v) is 4.06. The van der Waals surface area contributed by atoms with Crippen molar-refractivity contribution in [2.75, 3.05) is 19.7 Å². The van der Waals surface area contributed by atoms with Crippen molar-refractivity contribution >= 4 is 17.5 Å². The number of rotatable bonds is 2. The van der Waals surface area contributed by atoms with Gasteiger partial charge in [0.2, 0.25) is 0 Å². The van der Waals surface area contributed by atoms with Gasteiger partial charge in [-0.2, -0.15) is 0 Å². The SMILES string of the molecule is Cc1cn(C)c([C@@H]2CN(C(=O)c3c[nH]c(=O)c(Cl)c3)CCO2)n1. The number of nitrogens with zero attached hydrogens (tertiary/aromatic N) is 3. The van der Waals surface area contributed by atoms with Gasteiger partial charge in [0.1, 0.15) is 17.0 Å². The number of morpholine rings is 1. The number of hydrogen-bond donors (Lipinski definition) is 1. The van der Waals surface area contributed by atoms with Crippen LogP contribution in [0.3, 0.4) is 0 Å². The zero-order chi connectivity index (χ0) is 16.6. The van der Waals surface area contributed by atoms with Crippen LogP contribution in [0, 0.1) is 6.92 Å². The second kappa shape index (κ2) is 6.17. The first kappa shape index (κ1) is 15.8. The van der Waals surface area contributed by atoms with Crippen molar-refractivity contribution < 1.29 is 9.53 Å². The Morgan fingerprint density at radius 2 is 2.30 bits per heavy atom. The minimum Gasteiger partial charge on any atom is -0.367 e. The third kappa shape index (κ3) is 3.16. The van der Waals surface area contributed by atoms with Crippen LogP contribution in [0.15, 0.2) is 23.3 Å². The average Bonchev–Trinajstić information content (AvgIpc) is 2.88. The summed E-state index contributed by atoms with van der Waals surface area (Å²) in [6, 6.07) is 1.39. The van der Waals surface area contributed by atoms with Crippen LogP contribution in [-0.4, -0.2) is 45.0 Å². The Morgan fingerprint density at radius 1 is 1.52 bits per heavy atom. The minimum atomic E-state index is -0.411. The Labute approximate surface area is 137 Å². The lowest BCUT2D eigenvalue weighted by Gasteiger charge is -2.32. The van der Waals surface area contributed by atoms with E-state index >= 15 is 0 Å². The molecule has 1 aliphatic rings. The van der Waals surface area contributed by atoms with E-state index in [1.54, 1.807) is 4.90 Å². The van der Waals surface area contributed by atoms with Gasteiger partial charge in [-0.05, 0) is 13.0 Å². The maximum Gasteiger partial charge on any atom is 0.266 e. The van der Waals surface area contributed by atoms with Gasteiger partial charge in [-0.25, -0.2) is 4.98 Å². The van der Waals surface area contributed by atoms with E-state index in [4.69, 9.17) is 16.3 Å². The molecule has 1 fully saturated rings. The number of halogens is 1. The Bertz CT molecular complexity index is 798. The van der Waals surface area contributed by atoms with Crippen molar-refractivity contribution in [3.05, 3.63) is 50.9 Å². The number of aromatic amines is 1. The fraction of sp³-hybridized carbons (Fsp3) is 0.400. The molecule has 7 nitrogen and oxygen atoms in total. The number of carbonyl (C=O) groups excluding carboxylic acids is 1. The van der Waals surface area contributed by atoms with Crippen LogP contribution in [0.5, 0.6) is 0 Å². The first-order valence-electron chi connectivity index (χ1n) is 7.24. The molecule has 0 aromatic carbocycles. The van der Waals surface area contributed by atoms with Crippen LogP contribution >= 0.6 is 11.6 Å². The normalized spacial score (nSPS) is 18.2.